The minimum absolute atomic E-state index is 0.590. The molecule has 0 fully saturated rings. The van der Waals surface area contributed by atoms with Crippen molar-refractivity contribution in [2.45, 2.75) is 6.04 Å². The Labute approximate surface area is 97.4 Å². The van der Waals surface area contributed by atoms with Crippen LogP contribution >= 0.6 is 0 Å². The molecule has 1 atom stereocenters. The highest BCUT2D eigenvalue weighted by molar-refractivity contribution is 5.94. The first-order valence-electron chi connectivity index (χ1n) is 4.85. The highest BCUT2D eigenvalue weighted by atomic mass is 16.4. The summed E-state index contributed by atoms with van der Waals surface area (Å²) in [6.07, 6.45) is 4.26. The van der Waals surface area contributed by atoms with Gasteiger partial charge in [-0.15, -0.1) is 0 Å². The molecular weight excluding hydrogens is 226 g/mol. The predicted molar refractivity (Wildman–Crippen MR) is 58.9 cm³/mol. The Morgan fingerprint density at radius 1 is 1.65 bits per heavy atom. The zero-order valence-electron chi connectivity index (χ0n) is 9.20. The number of amides is 1. The molecule has 0 aliphatic carbocycles. The van der Waals surface area contributed by atoms with Gasteiger partial charge in [-0.25, -0.2) is 4.79 Å². The van der Waals surface area contributed by atoms with Crippen molar-refractivity contribution in [2.24, 2.45) is 7.05 Å². The fourth-order valence-electron chi connectivity index (χ4n) is 1.11. The van der Waals surface area contributed by atoms with Crippen LogP contribution < -0.4 is 5.32 Å². The van der Waals surface area contributed by atoms with E-state index in [1.165, 1.54) is 12.2 Å². The third-order valence-corrected chi connectivity index (χ3v) is 2.06. The highest BCUT2D eigenvalue weighted by Crippen LogP contribution is 1.98. The summed E-state index contributed by atoms with van der Waals surface area (Å²) in [6.45, 7) is -0.652. The van der Waals surface area contributed by atoms with Gasteiger partial charge in [-0.05, 0) is 12.1 Å². The van der Waals surface area contributed by atoms with Crippen molar-refractivity contribution in [3.63, 3.8) is 0 Å². The molecule has 1 heterocycles. The molecule has 0 unspecified atom stereocenters. The molecule has 7 nitrogen and oxygen atoms in total. The number of rotatable bonds is 5. The van der Waals surface area contributed by atoms with Crippen LogP contribution in [-0.4, -0.2) is 44.5 Å². The fraction of sp³-hybridized carbons (Fsp3) is 0.300. The largest absolute Gasteiger partial charge is 0.480 e. The Bertz CT molecular complexity index is 439. The number of nitrogens with zero attached hydrogens (tertiary/aromatic N) is 2. The Morgan fingerprint density at radius 3 is 2.82 bits per heavy atom. The van der Waals surface area contributed by atoms with E-state index in [2.05, 4.69) is 10.4 Å². The van der Waals surface area contributed by atoms with Crippen molar-refractivity contribution in [2.75, 3.05) is 6.61 Å². The average Bonchev–Trinajstić information content (AvgIpc) is 2.68. The van der Waals surface area contributed by atoms with E-state index in [4.69, 9.17) is 10.2 Å². The number of carboxylic acid groups (broad SMARTS) is 1. The van der Waals surface area contributed by atoms with Gasteiger partial charge in [0.05, 0.1) is 12.3 Å². The normalized spacial score (nSPS) is 12.6. The summed E-state index contributed by atoms with van der Waals surface area (Å²) >= 11 is 0. The van der Waals surface area contributed by atoms with E-state index in [1.54, 1.807) is 24.0 Å². The van der Waals surface area contributed by atoms with Crippen LogP contribution in [0.1, 0.15) is 5.69 Å². The number of aliphatic hydroxyl groups excluding tert-OH is 1. The summed E-state index contributed by atoms with van der Waals surface area (Å²) in [5.41, 5.74) is 0.705. The summed E-state index contributed by atoms with van der Waals surface area (Å²) < 4.78 is 1.56. The maximum absolute atomic E-state index is 11.3. The van der Waals surface area contributed by atoms with Gasteiger partial charge in [0.15, 0.2) is 6.04 Å². The van der Waals surface area contributed by atoms with Crippen LogP contribution in [0.2, 0.25) is 0 Å². The molecule has 0 aromatic carbocycles. The molecule has 0 bridgehead atoms. The van der Waals surface area contributed by atoms with Crippen LogP contribution in [-0.2, 0) is 16.6 Å². The van der Waals surface area contributed by atoms with Gasteiger partial charge in [0.1, 0.15) is 0 Å². The standard InChI is InChI=1S/C10H13N3O4/c1-13-7(4-5-11-13)2-3-9(15)12-8(6-14)10(16)17/h2-5,8,14H,6H2,1H3,(H,12,15)(H,16,17)/b3-2+/t8-/m0/s1. The second-order valence-electron chi connectivity index (χ2n) is 3.29. The predicted octanol–water partition coefficient (Wildman–Crippen LogP) is -1.01. The summed E-state index contributed by atoms with van der Waals surface area (Å²) in [5.74, 6) is -1.87. The lowest BCUT2D eigenvalue weighted by Gasteiger charge is -2.09. The minimum atomic E-state index is -1.29. The SMILES string of the molecule is Cn1nccc1/C=C/C(=O)N[C@@H](CO)C(=O)O. The zero-order valence-corrected chi connectivity index (χ0v) is 9.20. The van der Waals surface area contributed by atoms with Gasteiger partial charge in [-0.3, -0.25) is 9.48 Å². The smallest absolute Gasteiger partial charge is 0.328 e. The number of aryl methyl sites for hydroxylation is 1. The molecule has 0 spiro atoms. The number of aliphatic carboxylic acids is 1. The lowest BCUT2D eigenvalue weighted by atomic mass is 10.3. The monoisotopic (exact) mass is 239 g/mol. The van der Waals surface area contributed by atoms with E-state index in [9.17, 15) is 9.59 Å². The van der Waals surface area contributed by atoms with Crippen molar-refractivity contribution >= 4 is 18.0 Å². The summed E-state index contributed by atoms with van der Waals surface area (Å²) in [4.78, 5) is 21.9. The minimum Gasteiger partial charge on any atom is -0.480 e. The van der Waals surface area contributed by atoms with Crippen molar-refractivity contribution in [3.8, 4) is 0 Å². The molecule has 3 N–H and O–H groups in total. The van der Waals surface area contributed by atoms with Crippen LogP contribution in [0.5, 0.6) is 0 Å². The van der Waals surface area contributed by atoms with Gasteiger partial charge < -0.3 is 15.5 Å². The van der Waals surface area contributed by atoms with Gasteiger partial charge >= 0.3 is 5.97 Å². The molecule has 1 rings (SSSR count). The van der Waals surface area contributed by atoms with Gasteiger partial charge in [0.2, 0.25) is 5.91 Å². The molecule has 0 aliphatic heterocycles. The van der Waals surface area contributed by atoms with Crippen LogP contribution in [0.3, 0.4) is 0 Å². The number of carboxylic acids is 1. The first-order chi connectivity index (χ1) is 8.04. The maximum Gasteiger partial charge on any atom is 0.328 e. The molecule has 1 amide bonds. The van der Waals surface area contributed by atoms with Crippen molar-refractivity contribution in [1.82, 2.24) is 15.1 Å². The molecule has 17 heavy (non-hydrogen) atoms. The lowest BCUT2D eigenvalue weighted by molar-refractivity contribution is -0.142. The van der Waals surface area contributed by atoms with E-state index in [1.807, 2.05) is 0 Å². The van der Waals surface area contributed by atoms with E-state index in [0.29, 0.717) is 5.69 Å². The Kier molecular flexibility index (Phi) is 4.41. The quantitative estimate of drug-likeness (QED) is 0.571. The molecule has 0 saturated carbocycles. The number of carbonyl (C=O) groups is 2. The summed E-state index contributed by atoms with van der Waals surface area (Å²) in [6, 6.07) is 0.406. The van der Waals surface area contributed by atoms with Crippen molar-refractivity contribution < 1.29 is 19.8 Å². The van der Waals surface area contributed by atoms with E-state index >= 15 is 0 Å². The number of nitrogens with one attached hydrogen (secondary N) is 1. The first-order valence-corrected chi connectivity index (χ1v) is 4.85. The summed E-state index contributed by atoms with van der Waals surface area (Å²) in [5, 5.41) is 23.4. The van der Waals surface area contributed by atoms with Crippen LogP contribution in [0.25, 0.3) is 6.08 Å². The number of hydrogen-bond donors (Lipinski definition) is 3. The zero-order chi connectivity index (χ0) is 12.8. The first kappa shape index (κ1) is 12.9. The molecule has 0 saturated heterocycles. The highest BCUT2D eigenvalue weighted by Gasteiger charge is 2.17. The second-order valence-corrected chi connectivity index (χ2v) is 3.29. The third kappa shape index (κ3) is 3.72. The number of hydrogen-bond acceptors (Lipinski definition) is 4. The van der Waals surface area contributed by atoms with E-state index in [0.717, 1.165) is 0 Å². The number of carbonyl (C=O) groups excluding carboxylic acids is 1. The fourth-order valence-corrected chi connectivity index (χ4v) is 1.11. The van der Waals surface area contributed by atoms with Crippen LogP contribution in [0, 0.1) is 0 Å². The van der Waals surface area contributed by atoms with Crippen LogP contribution in [0.4, 0.5) is 0 Å². The van der Waals surface area contributed by atoms with Gasteiger partial charge in [-0.1, -0.05) is 0 Å². The molecule has 92 valence electrons. The third-order valence-electron chi connectivity index (χ3n) is 2.06. The molecular formula is C10H13N3O4. The average molecular weight is 239 g/mol. The number of aromatic nitrogens is 2. The van der Waals surface area contributed by atoms with E-state index < -0.39 is 24.5 Å². The summed E-state index contributed by atoms with van der Waals surface area (Å²) in [7, 11) is 1.71. The van der Waals surface area contributed by atoms with Gasteiger partial charge in [0.25, 0.3) is 0 Å². The second kappa shape index (κ2) is 5.80. The molecule has 1 aromatic rings. The Balaban J connectivity index is 2.58. The van der Waals surface area contributed by atoms with E-state index in [-0.39, 0.29) is 0 Å². The lowest BCUT2D eigenvalue weighted by Crippen LogP contribution is -2.42. The number of aliphatic hydroxyl groups is 1. The van der Waals surface area contributed by atoms with Gasteiger partial charge in [-0.2, -0.15) is 5.10 Å². The molecule has 0 aliphatic rings. The van der Waals surface area contributed by atoms with Gasteiger partial charge in [0, 0.05) is 19.3 Å². The van der Waals surface area contributed by atoms with Crippen molar-refractivity contribution in [3.05, 3.63) is 24.0 Å². The molecule has 0 radical (unpaired) electrons. The molecule has 1 aromatic heterocycles. The molecule has 7 heteroatoms. The van der Waals surface area contributed by atoms with Crippen LogP contribution in [0.15, 0.2) is 18.3 Å². The Hall–Kier alpha value is -2.15. The maximum atomic E-state index is 11.3. The Morgan fingerprint density at radius 2 is 2.35 bits per heavy atom. The topological polar surface area (TPSA) is 104 Å². The van der Waals surface area contributed by atoms with Crippen molar-refractivity contribution in [1.29, 1.82) is 0 Å².